The highest BCUT2D eigenvalue weighted by Crippen LogP contribution is 2.23. The SMILES string of the molecule is CCOc1ccc(-c2c[n+](CC(=O)c3ccc(C)cc3)c(N)n2C)cc1.[Br-]. The molecule has 0 aliphatic heterocycles. The van der Waals surface area contributed by atoms with E-state index in [1.165, 1.54) is 0 Å². The molecular weight excluding hydrogens is 406 g/mol. The summed E-state index contributed by atoms with van der Waals surface area (Å²) in [5.74, 6) is 1.40. The number of ether oxygens (including phenoxy) is 1. The van der Waals surface area contributed by atoms with Crippen LogP contribution in [0, 0.1) is 6.92 Å². The molecule has 1 heterocycles. The van der Waals surface area contributed by atoms with Crippen molar-refractivity contribution >= 4 is 11.7 Å². The van der Waals surface area contributed by atoms with Crippen molar-refractivity contribution in [2.24, 2.45) is 7.05 Å². The Labute approximate surface area is 170 Å². The van der Waals surface area contributed by atoms with Gasteiger partial charge in [0.15, 0.2) is 5.78 Å². The fourth-order valence-corrected chi connectivity index (χ4v) is 2.89. The molecule has 0 fully saturated rings. The minimum absolute atomic E-state index is 0. The number of benzene rings is 2. The van der Waals surface area contributed by atoms with Gasteiger partial charge in [-0.3, -0.25) is 10.5 Å². The molecule has 0 aliphatic carbocycles. The largest absolute Gasteiger partial charge is 1.00 e. The molecule has 2 aromatic carbocycles. The third kappa shape index (κ3) is 4.57. The number of nitrogens with zero attached hydrogens (tertiary/aromatic N) is 2. The molecule has 0 spiro atoms. The van der Waals surface area contributed by atoms with Crippen molar-refractivity contribution in [3.8, 4) is 17.0 Å². The number of aryl methyl sites for hydroxylation is 1. The van der Waals surface area contributed by atoms with Gasteiger partial charge in [0.2, 0.25) is 0 Å². The maximum absolute atomic E-state index is 12.5. The zero-order valence-corrected chi connectivity index (χ0v) is 17.4. The van der Waals surface area contributed by atoms with Gasteiger partial charge in [-0.2, -0.15) is 0 Å². The number of nitrogens with two attached hydrogens (primary N) is 1. The predicted octanol–water partition coefficient (Wildman–Crippen LogP) is 0.156. The molecule has 2 N–H and O–H groups in total. The number of hydrogen-bond acceptors (Lipinski definition) is 3. The van der Waals surface area contributed by atoms with E-state index in [1.807, 2.05) is 80.2 Å². The molecule has 0 saturated carbocycles. The van der Waals surface area contributed by atoms with Crippen molar-refractivity contribution in [3.63, 3.8) is 0 Å². The first-order chi connectivity index (χ1) is 12.5. The zero-order valence-electron chi connectivity index (χ0n) is 15.8. The first-order valence-corrected chi connectivity index (χ1v) is 8.67. The van der Waals surface area contributed by atoms with Crippen LogP contribution in [0.15, 0.2) is 54.7 Å². The lowest BCUT2D eigenvalue weighted by atomic mass is 10.1. The summed E-state index contributed by atoms with van der Waals surface area (Å²) in [6.07, 6.45) is 1.91. The van der Waals surface area contributed by atoms with Crippen molar-refractivity contribution in [1.82, 2.24) is 4.57 Å². The molecule has 5 nitrogen and oxygen atoms in total. The van der Waals surface area contributed by atoms with Crippen LogP contribution in [0.1, 0.15) is 22.8 Å². The van der Waals surface area contributed by atoms with Gasteiger partial charge in [0, 0.05) is 11.1 Å². The third-order valence-corrected chi connectivity index (χ3v) is 4.43. The molecule has 142 valence electrons. The Morgan fingerprint density at radius 2 is 1.74 bits per heavy atom. The number of Topliss-reactive ketones (excluding diaryl/α,β-unsaturated/α-hetero) is 1. The van der Waals surface area contributed by atoms with E-state index >= 15 is 0 Å². The van der Waals surface area contributed by atoms with Gasteiger partial charge >= 0.3 is 5.95 Å². The molecule has 0 bridgehead atoms. The second-order valence-corrected chi connectivity index (χ2v) is 6.31. The molecular formula is C21H24BrN3O2. The summed E-state index contributed by atoms with van der Waals surface area (Å²) >= 11 is 0. The molecule has 0 atom stereocenters. The van der Waals surface area contributed by atoms with Crippen molar-refractivity contribution < 1.29 is 31.1 Å². The van der Waals surface area contributed by atoms with Crippen LogP contribution < -0.4 is 32.0 Å². The number of anilines is 1. The Kier molecular flexibility index (Phi) is 6.80. The lowest BCUT2D eigenvalue weighted by molar-refractivity contribution is -0.667. The quantitative estimate of drug-likeness (QED) is 0.448. The molecule has 3 aromatic rings. The van der Waals surface area contributed by atoms with Crippen LogP contribution in [-0.2, 0) is 13.6 Å². The fraction of sp³-hybridized carbons (Fsp3) is 0.238. The van der Waals surface area contributed by atoms with Crippen molar-refractivity contribution in [2.45, 2.75) is 20.4 Å². The van der Waals surface area contributed by atoms with E-state index < -0.39 is 0 Å². The van der Waals surface area contributed by atoms with Gasteiger partial charge in [-0.15, -0.1) is 0 Å². The number of hydrogen-bond donors (Lipinski definition) is 1. The number of halogens is 1. The predicted molar refractivity (Wildman–Crippen MR) is 102 cm³/mol. The van der Waals surface area contributed by atoms with E-state index in [0.717, 1.165) is 22.6 Å². The third-order valence-electron chi connectivity index (χ3n) is 4.43. The second-order valence-electron chi connectivity index (χ2n) is 6.31. The van der Waals surface area contributed by atoms with Crippen LogP contribution in [0.4, 0.5) is 5.95 Å². The Hall–Kier alpha value is -2.60. The number of rotatable bonds is 6. The molecule has 3 rings (SSSR count). The van der Waals surface area contributed by atoms with E-state index in [-0.39, 0.29) is 29.3 Å². The number of imidazole rings is 1. The summed E-state index contributed by atoms with van der Waals surface area (Å²) in [7, 11) is 1.90. The normalized spacial score (nSPS) is 10.3. The van der Waals surface area contributed by atoms with E-state index in [4.69, 9.17) is 10.5 Å². The molecule has 0 saturated heterocycles. The number of carbonyl (C=O) groups excluding carboxylic acids is 1. The molecule has 0 radical (unpaired) electrons. The van der Waals surface area contributed by atoms with Crippen molar-refractivity contribution in [1.29, 1.82) is 0 Å². The topological polar surface area (TPSA) is 61.1 Å². The van der Waals surface area contributed by atoms with Crippen molar-refractivity contribution in [2.75, 3.05) is 12.3 Å². The van der Waals surface area contributed by atoms with Gasteiger partial charge < -0.3 is 21.7 Å². The van der Waals surface area contributed by atoms with Gasteiger partial charge in [-0.05, 0) is 38.1 Å². The van der Waals surface area contributed by atoms with Gasteiger partial charge in [-0.25, -0.2) is 9.13 Å². The van der Waals surface area contributed by atoms with Crippen LogP contribution in [0.5, 0.6) is 5.75 Å². The van der Waals surface area contributed by atoms with E-state index in [1.54, 1.807) is 4.57 Å². The minimum atomic E-state index is 0. The summed E-state index contributed by atoms with van der Waals surface area (Å²) < 4.78 is 9.16. The van der Waals surface area contributed by atoms with E-state index in [0.29, 0.717) is 18.1 Å². The first kappa shape index (κ1) is 20.7. The molecule has 0 aliphatic rings. The van der Waals surface area contributed by atoms with Gasteiger partial charge in [0.1, 0.15) is 24.2 Å². The van der Waals surface area contributed by atoms with Crippen molar-refractivity contribution in [3.05, 3.63) is 65.9 Å². The highest BCUT2D eigenvalue weighted by atomic mass is 79.9. The average molecular weight is 430 g/mol. The minimum Gasteiger partial charge on any atom is -1.00 e. The summed E-state index contributed by atoms with van der Waals surface area (Å²) in [4.78, 5) is 12.5. The monoisotopic (exact) mass is 429 g/mol. The summed E-state index contributed by atoms with van der Waals surface area (Å²) in [6, 6.07) is 15.4. The number of nitrogen functional groups attached to an aromatic ring is 1. The Balaban J connectivity index is 0.00000261. The highest BCUT2D eigenvalue weighted by molar-refractivity contribution is 5.95. The van der Waals surface area contributed by atoms with Crippen LogP contribution in [0.3, 0.4) is 0 Å². The fourth-order valence-electron chi connectivity index (χ4n) is 2.89. The lowest BCUT2D eigenvalue weighted by Gasteiger charge is -2.03. The molecule has 27 heavy (non-hydrogen) atoms. The van der Waals surface area contributed by atoms with Gasteiger partial charge in [-0.1, -0.05) is 29.8 Å². The highest BCUT2D eigenvalue weighted by Gasteiger charge is 2.20. The summed E-state index contributed by atoms with van der Waals surface area (Å²) in [5.41, 5.74) is 10.0. The Morgan fingerprint density at radius 1 is 1.11 bits per heavy atom. The summed E-state index contributed by atoms with van der Waals surface area (Å²) in [6.45, 7) is 4.80. The molecule has 6 heteroatoms. The summed E-state index contributed by atoms with van der Waals surface area (Å²) in [5, 5.41) is 0. The Bertz CT molecular complexity index is 916. The molecule has 0 amide bonds. The standard InChI is InChI=1S/C21H23N3O2.BrH/c1-4-26-18-11-9-16(10-12-18)19-13-24(21(22)23(19)3)14-20(25)17-7-5-15(2)6-8-17;/h5-13,22H,4,14H2,1-3H3;1H. The maximum atomic E-state index is 12.5. The van der Waals surface area contributed by atoms with Crippen LogP contribution in [-0.4, -0.2) is 17.0 Å². The van der Waals surface area contributed by atoms with Gasteiger partial charge in [0.05, 0.1) is 13.7 Å². The molecule has 1 aromatic heterocycles. The van der Waals surface area contributed by atoms with Crippen LogP contribution in [0.2, 0.25) is 0 Å². The lowest BCUT2D eigenvalue weighted by Crippen LogP contribution is -3.00. The molecule has 0 unspecified atom stereocenters. The zero-order chi connectivity index (χ0) is 18.7. The Morgan fingerprint density at radius 3 is 2.33 bits per heavy atom. The van der Waals surface area contributed by atoms with Gasteiger partial charge in [0.25, 0.3) is 0 Å². The van der Waals surface area contributed by atoms with Crippen LogP contribution >= 0.6 is 0 Å². The van der Waals surface area contributed by atoms with Crippen LogP contribution in [0.25, 0.3) is 11.3 Å². The number of ketones is 1. The average Bonchev–Trinajstić information content (AvgIpc) is 2.92. The number of aromatic nitrogens is 2. The second kappa shape index (κ2) is 8.86. The van der Waals surface area contributed by atoms with E-state index in [9.17, 15) is 4.79 Å². The smallest absolute Gasteiger partial charge is 0.355 e. The number of carbonyl (C=O) groups is 1. The van der Waals surface area contributed by atoms with E-state index in [2.05, 4.69) is 0 Å². The maximum Gasteiger partial charge on any atom is 0.355 e. The first-order valence-electron chi connectivity index (χ1n) is 8.67.